The summed E-state index contributed by atoms with van der Waals surface area (Å²) < 4.78 is 0. The van der Waals surface area contributed by atoms with Gasteiger partial charge in [0.2, 0.25) is 11.8 Å². The summed E-state index contributed by atoms with van der Waals surface area (Å²) in [6, 6.07) is 0. The van der Waals surface area contributed by atoms with E-state index in [4.69, 9.17) is 5.11 Å². The Balaban J connectivity index is 2.19. The number of imide groups is 1. The minimum Gasteiger partial charge on any atom is -0.481 e. The van der Waals surface area contributed by atoms with E-state index in [1.54, 1.807) is 0 Å². The molecule has 1 aliphatic heterocycles. The van der Waals surface area contributed by atoms with Gasteiger partial charge < -0.3 is 10.0 Å². The molecule has 1 fully saturated rings. The van der Waals surface area contributed by atoms with E-state index in [1.807, 2.05) is 11.9 Å². The first kappa shape index (κ1) is 13.6. The zero-order valence-corrected chi connectivity index (χ0v) is 10.0. The van der Waals surface area contributed by atoms with Crippen LogP contribution in [0.3, 0.4) is 0 Å². The number of carbonyl (C=O) groups is 3. The summed E-state index contributed by atoms with van der Waals surface area (Å²) in [7, 11) is 1.85. The quantitative estimate of drug-likeness (QED) is 0.632. The van der Waals surface area contributed by atoms with Crippen molar-refractivity contribution in [3.05, 3.63) is 0 Å². The van der Waals surface area contributed by atoms with Crippen LogP contribution < -0.4 is 0 Å². The lowest BCUT2D eigenvalue weighted by molar-refractivity contribution is -0.139. The summed E-state index contributed by atoms with van der Waals surface area (Å²) in [6.45, 7) is 1.65. The van der Waals surface area contributed by atoms with Gasteiger partial charge in [0.25, 0.3) is 0 Å². The van der Waals surface area contributed by atoms with Crippen molar-refractivity contribution < 1.29 is 19.5 Å². The monoisotopic (exact) mass is 242 g/mol. The highest BCUT2D eigenvalue weighted by Gasteiger charge is 2.28. The summed E-state index contributed by atoms with van der Waals surface area (Å²) in [5, 5.41) is 8.48. The summed E-state index contributed by atoms with van der Waals surface area (Å²) in [4.78, 5) is 36.2. The van der Waals surface area contributed by atoms with E-state index in [-0.39, 0.29) is 18.2 Å². The third-order valence-corrected chi connectivity index (χ3v) is 2.79. The highest BCUT2D eigenvalue weighted by Crippen LogP contribution is 2.10. The average Bonchev–Trinajstić information content (AvgIpc) is 2.55. The molecule has 0 atom stereocenters. The van der Waals surface area contributed by atoms with Gasteiger partial charge in [-0.05, 0) is 20.0 Å². The minimum absolute atomic E-state index is 0.103. The molecule has 0 aromatic carbocycles. The normalized spacial score (nSPS) is 16.0. The molecule has 1 aliphatic rings. The molecule has 0 bridgehead atoms. The van der Waals surface area contributed by atoms with Crippen LogP contribution in [0.4, 0.5) is 0 Å². The minimum atomic E-state index is -0.803. The Bertz CT molecular complexity index is 301. The van der Waals surface area contributed by atoms with Crippen LogP contribution in [0.15, 0.2) is 0 Å². The van der Waals surface area contributed by atoms with Crippen LogP contribution in [-0.4, -0.2) is 59.4 Å². The molecule has 17 heavy (non-hydrogen) atoms. The van der Waals surface area contributed by atoms with Crippen molar-refractivity contribution in [3.8, 4) is 0 Å². The van der Waals surface area contributed by atoms with Gasteiger partial charge in [-0.1, -0.05) is 0 Å². The number of hydrogen-bond acceptors (Lipinski definition) is 4. The van der Waals surface area contributed by atoms with Crippen LogP contribution in [-0.2, 0) is 14.4 Å². The van der Waals surface area contributed by atoms with E-state index < -0.39 is 5.97 Å². The van der Waals surface area contributed by atoms with Crippen LogP contribution in [0.5, 0.6) is 0 Å². The van der Waals surface area contributed by atoms with Gasteiger partial charge in [0.15, 0.2) is 0 Å². The zero-order valence-electron chi connectivity index (χ0n) is 10.0. The molecule has 1 saturated heterocycles. The van der Waals surface area contributed by atoms with Crippen LogP contribution in [0.25, 0.3) is 0 Å². The molecule has 6 nitrogen and oxygen atoms in total. The molecule has 0 aromatic rings. The largest absolute Gasteiger partial charge is 0.481 e. The van der Waals surface area contributed by atoms with Gasteiger partial charge in [0, 0.05) is 32.4 Å². The second kappa shape index (κ2) is 6.34. The molecule has 6 heteroatoms. The molecule has 0 aliphatic carbocycles. The molecule has 0 radical (unpaired) electrons. The van der Waals surface area contributed by atoms with Crippen LogP contribution in [0.2, 0.25) is 0 Å². The molecule has 2 amide bonds. The highest BCUT2D eigenvalue weighted by atomic mass is 16.4. The number of likely N-dealkylation sites (N-methyl/N-ethyl adjacent to an activating group) is 1. The van der Waals surface area contributed by atoms with Gasteiger partial charge in [0.1, 0.15) is 0 Å². The van der Waals surface area contributed by atoms with Crippen LogP contribution in [0, 0.1) is 0 Å². The number of hydrogen-bond donors (Lipinski definition) is 1. The molecular weight excluding hydrogens is 224 g/mol. The Kier molecular flexibility index (Phi) is 5.09. The van der Waals surface area contributed by atoms with E-state index in [9.17, 15) is 14.4 Å². The lowest BCUT2D eigenvalue weighted by Gasteiger charge is -2.20. The Morgan fingerprint density at radius 1 is 1.29 bits per heavy atom. The van der Waals surface area contributed by atoms with E-state index >= 15 is 0 Å². The van der Waals surface area contributed by atoms with Gasteiger partial charge >= 0.3 is 5.97 Å². The molecule has 96 valence electrons. The van der Waals surface area contributed by atoms with Gasteiger partial charge in [-0.15, -0.1) is 0 Å². The molecule has 0 aromatic heterocycles. The highest BCUT2D eigenvalue weighted by molar-refractivity contribution is 6.01. The van der Waals surface area contributed by atoms with Crippen molar-refractivity contribution in [2.75, 3.05) is 26.7 Å². The maximum atomic E-state index is 11.3. The number of likely N-dealkylation sites (tertiary alicyclic amines) is 1. The van der Waals surface area contributed by atoms with Crippen molar-refractivity contribution in [1.29, 1.82) is 0 Å². The van der Waals surface area contributed by atoms with Gasteiger partial charge in [0.05, 0.1) is 0 Å². The van der Waals surface area contributed by atoms with Crippen molar-refractivity contribution >= 4 is 17.8 Å². The predicted molar refractivity (Wildman–Crippen MR) is 60.3 cm³/mol. The number of rotatable bonds is 7. The fraction of sp³-hybridized carbons (Fsp3) is 0.727. The number of amides is 2. The molecule has 1 N–H and O–H groups in total. The second-order valence-electron chi connectivity index (χ2n) is 4.24. The summed E-state index contributed by atoms with van der Waals surface area (Å²) in [6.07, 6.45) is 1.36. The molecule has 1 rings (SSSR count). The summed E-state index contributed by atoms with van der Waals surface area (Å²) in [5.74, 6) is -1.01. The molecular formula is C11H18N2O4. The summed E-state index contributed by atoms with van der Waals surface area (Å²) >= 11 is 0. The fourth-order valence-corrected chi connectivity index (χ4v) is 1.75. The standard InChI is InChI=1S/C11H18N2O4/c1-12(6-2-3-11(16)17)7-8-13-9(14)4-5-10(13)15/h2-8H2,1H3,(H,16,17). The van der Waals surface area contributed by atoms with E-state index in [0.29, 0.717) is 38.9 Å². The number of carboxylic acid groups (broad SMARTS) is 1. The number of nitrogens with zero attached hydrogens (tertiary/aromatic N) is 2. The number of carboxylic acids is 1. The van der Waals surface area contributed by atoms with Crippen molar-refractivity contribution in [3.63, 3.8) is 0 Å². The molecule has 0 spiro atoms. The Morgan fingerprint density at radius 3 is 2.41 bits per heavy atom. The first-order valence-electron chi connectivity index (χ1n) is 5.74. The van der Waals surface area contributed by atoms with Gasteiger partial charge in [-0.2, -0.15) is 0 Å². The number of carbonyl (C=O) groups excluding carboxylic acids is 2. The third kappa shape index (κ3) is 4.52. The van der Waals surface area contributed by atoms with Gasteiger partial charge in [-0.25, -0.2) is 0 Å². The number of aliphatic carboxylic acids is 1. The van der Waals surface area contributed by atoms with E-state index in [1.165, 1.54) is 4.90 Å². The Hall–Kier alpha value is -1.43. The first-order valence-corrected chi connectivity index (χ1v) is 5.74. The van der Waals surface area contributed by atoms with Crippen molar-refractivity contribution in [2.45, 2.75) is 25.7 Å². The molecule has 0 saturated carbocycles. The Morgan fingerprint density at radius 2 is 1.88 bits per heavy atom. The lowest BCUT2D eigenvalue weighted by atomic mass is 10.3. The van der Waals surface area contributed by atoms with Gasteiger partial charge in [-0.3, -0.25) is 19.3 Å². The second-order valence-corrected chi connectivity index (χ2v) is 4.24. The Labute approximate surface area is 100 Å². The maximum absolute atomic E-state index is 11.3. The van der Waals surface area contributed by atoms with E-state index in [0.717, 1.165) is 0 Å². The molecule has 1 heterocycles. The lowest BCUT2D eigenvalue weighted by Crippen LogP contribution is -2.36. The predicted octanol–water partition coefficient (Wildman–Crippen LogP) is -0.0680. The van der Waals surface area contributed by atoms with Crippen molar-refractivity contribution in [2.24, 2.45) is 0 Å². The fourth-order valence-electron chi connectivity index (χ4n) is 1.75. The van der Waals surface area contributed by atoms with E-state index in [2.05, 4.69) is 0 Å². The molecule has 0 unspecified atom stereocenters. The van der Waals surface area contributed by atoms with Crippen LogP contribution >= 0.6 is 0 Å². The zero-order chi connectivity index (χ0) is 12.8. The van der Waals surface area contributed by atoms with Crippen LogP contribution in [0.1, 0.15) is 25.7 Å². The first-order chi connectivity index (χ1) is 8.00. The topological polar surface area (TPSA) is 77.9 Å². The maximum Gasteiger partial charge on any atom is 0.303 e. The SMILES string of the molecule is CN(CCCC(=O)O)CCN1C(=O)CCC1=O. The average molecular weight is 242 g/mol. The smallest absolute Gasteiger partial charge is 0.303 e. The summed E-state index contributed by atoms with van der Waals surface area (Å²) in [5.41, 5.74) is 0. The third-order valence-electron chi connectivity index (χ3n) is 2.79. The van der Waals surface area contributed by atoms with Crippen molar-refractivity contribution in [1.82, 2.24) is 9.80 Å².